The van der Waals surface area contributed by atoms with Gasteiger partial charge in [0.2, 0.25) is 10.0 Å². The van der Waals surface area contributed by atoms with E-state index < -0.39 is 10.0 Å². The van der Waals surface area contributed by atoms with E-state index in [9.17, 15) is 13.2 Å². The van der Waals surface area contributed by atoms with Gasteiger partial charge in [0.05, 0.1) is 10.5 Å². The molecule has 0 radical (unpaired) electrons. The first-order valence-electron chi connectivity index (χ1n) is 10.4. The lowest BCUT2D eigenvalue weighted by atomic mass is 10.2. The predicted octanol–water partition coefficient (Wildman–Crippen LogP) is 3.25. The van der Waals surface area contributed by atoms with E-state index in [4.69, 9.17) is 5.73 Å². The monoisotopic (exact) mass is 475 g/mol. The maximum atomic E-state index is 12.3. The molecular weight excluding hydrogens is 450 g/mol. The number of hydrogen-bond acceptors (Lipinski definition) is 6. The van der Waals surface area contributed by atoms with E-state index in [1.165, 1.54) is 31.6 Å². The van der Waals surface area contributed by atoms with Gasteiger partial charge in [-0.1, -0.05) is 60.7 Å². The van der Waals surface area contributed by atoms with Gasteiger partial charge in [-0.3, -0.25) is 4.79 Å². The van der Waals surface area contributed by atoms with E-state index >= 15 is 0 Å². The standard InChI is InChI=1S/C19H18N4O3S.C6H7N/c1-20-27(25,26)17-9-5-6-14(10-17)11-23-19(24)16-12-21-18(22-13-16)15-7-3-2-4-8-15;7-6-4-2-1-3-5-6/h2-10,12-13,20H,11H2,1H3,(H,23,24);1-5H,7H2. The van der Waals surface area contributed by atoms with Crippen molar-refractivity contribution >= 4 is 21.6 Å². The SMILES string of the molecule is CNS(=O)(=O)c1cccc(CNC(=O)c2cnc(-c3ccccc3)nc2)c1.Nc1ccccc1. The highest BCUT2D eigenvalue weighted by Crippen LogP contribution is 2.14. The molecule has 9 heteroatoms. The molecule has 0 atom stereocenters. The molecule has 0 aliphatic carbocycles. The molecular formula is C25H25N5O3S. The topological polar surface area (TPSA) is 127 Å². The number of aromatic nitrogens is 2. The van der Waals surface area contributed by atoms with E-state index in [1.54, 1.807) is 12.1 Å². The minimum absolute atomic E-state index is 0.146. The van der Waals surface area contributed by atoms with Gasteiger partial charge in [-0.15, -0.1) is 0 Å². The summed E-state index contributed by atoms with van der Waals surface area (Å²) >= 11 is 0. The number of sulfonamides is 1. The maximum absolute atomic E-state index is 12.3. The van der Waals surface area contributed by atoms with Crippen LogP contribution >= 0.6 is 0 Å². The van der Waals surface area contributed by atoms with Gasteiger partial charge in [-0.2, -0.15) is 0 Å². The number of hydrogen-bond donors (Lipinski definition) is 3. The maximum Gasteiger partial charge on any atom is 0.254 e. The zero-order chi connectivity index (χ0) is 24.4. The van der Waals surface area contributed by atoms with Crippen LogP contribution in [0.3, 0.4) is 0 Å². The van der Waals surface area contributed by atoms with Crippen molar-refractivity contribution in [3.8, 4) is 11.4 Å². The number of para-hydroxylation sites is 1. The van der Waals surface area contributed by atoms with Crippen LogP contribution in [0, 0.1) is 0 Å². The number of amides is 1. The molecule has 1 amide bonds. The highest BCUT2D eigenvalue weighted by molar-refractivity contribution is 7.89. The Labute approximate surface area is 199 Å². The average Bonchev–Trinajstić information content (AvgIpc) is 2.89. The van der Waals surface area contributed by atoms with Crippen LogP contribution in [0.1, 0.15) is 15.9 Å². The summed E-state index contributed by atoms with van der Waals surface area (Å²) in [7, 11) is -2.18. The van der Waals surface area contributed by atoms with Crippen molar-refractivity contribution in [3.05, 3.63) is 108 Å². The van der Waals surface area contributed by atoms with Crippen LogP contribution in [0.5, 0.6) is 0 Å². The molecule has 1 heterocycles. The second-order valence-electron chi connectivity index (χ2n) is 7.11. The number of nitrogens with two attached hydrogens (primary N) is 1. The molecule has 0 saturated carbocycles. The van der Waals surface area contributed by atoms with E-state index in [1.807, 2.05) is 60.7 Å². The first-order chi connectivity index (χ1) is 16.4. The molecule has 0 spiro atoms. The molecule has 3 aromatic carbocycles. The van der Waals surface area contributed by atoms with Crippen LogP contribution in [0.4, 0.5) is 5.69 Å². The normalized spacial score (nSPS) is 10.6. The fraction of sp³-hybridized carbons (Fsp3) is 0.0800. The lowest BCUT2D eigenvalue weighted by Crippen LogP contribution is -2.23. The zero-order valence-electron chi connectivity index (χ0n) is 18.5. The summed E-state index contributed by atoms with van der Waals surface area (Å²) in [5, 5.41) is 2.74. The first-order valence-corrected chi connectivity index (χ1v) is 11.9. The summed E-state index contributed by atoms with van der Waals surface area (Å²) in [5.41, 5.74) is 8.04. The van der Waals surface area contributed by atoms with Gasteiger partial charge in [-0.05, 0) is 36.9 Å². The number of nitrogen functional groups attached to an aromatic ring is 1. The molecule has 174 valence electrons. The van der Waals surface area contributed by atoms with Crippen LogP contribution in [0.15, 0.2) is 102 Å². The molecule has 0 unspecified atom stereocenters. The van der Waals surface area contributed by atoms with E-state index in [-0.39, 0.29) is 17.3 Å². The molecule has 4 N–H and O–H groups in total. The third-order valence-electron chi connectivity index (χ3n) is 4.68. The average molecular weight is 476 g/mol. The second-order valence-corrected chi connectivity index (χ2v) is 9.00. The second kappa shape index (κ2) is 11.7. The van der Waals surface area contributed by atoms with Gasteiger partial charge in [0.25, 0.3) is 5.91 Å². The Hall–Kier alpha value is -4.08. The number of rotatable bonds is 6. The molecule has 4 aromatic rings. The number of nitrogens with one attached hydrogen (secondary N) is 2. The molecule has 0 bridgehead atoms. The Morgan fingerprint density at radius 3 is 2.06 bits per heavy atom. The number of carbonyl (C=O) groups is 1. The summed E-state index contributed by atoms with van der Waals surface area (Å²) in [5.74, 6) is 0.202. The van der Waals surface area contributed by atoms with Crippen molar-refractivity contribution in [1.29, 1.82) is 0 Å². The lowest BCUT2D eigenvalue weighted by molar-refractivity contribution is 0.0950. The fourth-order valence-electron chi connectivity index (χ4n) is 2.86. The Morgan fingerprint density at radius 1 is 0.882 bits per heavy atom. The molecule has 0 fully saturated rings. The Kier molecular flexibility index (Phi) is 8.44. The summed E-state index contributed by atoms with van der Waals surface area (Å²) in [6.45, 7) is 0.187. The van der Waals surface area contributed by atoms with Gasteiger partial charge in [0.1, 0.15) is 0 Å². The first kappa shape index (κ1) is 24.6. The van der Waals surface area contributed by atoms with E-state index in [0.717, 1.165) is 11.3 Å². The minimum Gasteiger partial charge on any atom is -0.399 e. The number of benzene rings is 3. The van der Waals surface area contributed by atoms with Crippen molar-refractivity contribution in [2.24, 2.45) is 0 Å². The molecule has 0 aliphatic heterocycles. The molecule has 1 aromatic heterocycles. The highest BCUT2D eigenvalue weighted by Gasteiger charge is 2.12. The fourth-order valence-corrected chi connectivity index (χ4v) is 3.66. The van der Waals surface area contributed by atoms with Gasteiger partial charge >= 0.3 is 0 Å². The predicted molar refractivity (Wildman–Crippen MR) is 132 cm³/mol. The summed E-state index contributed by atoms with van der Waals surface area (Å²) in [6, 6.07) is 25.3. The van der Waals surface area contributed by atoms with Crippen molar-refractivity contribution in [2.45, 2.75) is 11.4 Å². The smallest absolute Gasteiger partial charge is 0.254 e. The molecule has 34 heavy (non-hydrogen) atoms. The Bertz CT molecular complexity index is 1310. The molecule has 4 rings (SSSR count). The van der Waals surface area contributed by atoms with Crippen molar-refractivity contribution in [2.75, 3.05) is 12.8 Å². The Morgan fingerprint density at radius 2 is 1.50 bits per heavy atom. The quantitative estimate of drug-likeness (QED) is 0.368. The third-order valence-corrected chi connectivity index (χ3v) is 6.09. The van der Waals surface area contributed by atoms with E-state index in [0.29, 0.717) is 17.0 Å². The van der Waals surface area contributed by atoms with Crippen LogP contribution in [-0.2, 0) is 16.6 Å². The van der Waals surface area contributed by atoms with Crippen LogP contribution in [-0.4, -0.2) is 31.3 Å². The number of carbonyl (C=O) groups excluding carboxylic acids is 1. The van der Waals surface area contributed by atoms with Crippen LogP contribution in [0.25, 0.3) is 11.4 Å². The van der Waals surface area contributed by atoms with Gasteiger partial charge in [-0.25, -0.2) is 23.1 Å². The van der Waals surface area contributed by atoms with Gasteiger partial charge < -0.3 is 11.1 Å². The van der Waals surface area contributed by atoms with Crippen LogP contribution < -0.4 is 15.8 Å². The number of nitrogens with zero attached hydrogens (tertiary/aromatic N) is 2. The van der Waals surface area contributed by atoms with Gasteiger partial charge in [0, 0.05) is 30.2 Å². The minimum atomic E-state index is -3.53. The number of anilines is 1. The third kappa shape index (κ3) is 6.96. The zero-order valence-corrected chi connectivity index (χ0v) is 19.4. The van der Waals surface area contributed by atoms with Crippen LogP contribution in [0.2, 0.25) is 0 Å². The molecule has 0 aliphatic rings. The molecule has 0 saturated heterocycles. The highest BCUT2D eigenvalue weighted by atomic mass is 32.2. The lowest BCUT2D eigenvalue weighted by Gasteiger charge is -2.08. The summed E-state index contributed by atoms with van der Waals surface area (Å²) in [6.07, 6.45) is 2.93. The van der Waals surface area contributed by atoms with Crippen molar-refractivity contribution in [3.63, 3.8) is 0 Å². The van der Waals surface area contributed by atoms with E-state index in [2.05, 4.69) is 20.0 Å². The van der Waals surface area contributed by atoms with Crippen molar-refractivity contribution in [1.82, 2.24) is 20.0 Å². The largest absolute Gasteiger partial charge is 0.399 e. The molecule has 8 nitrogen and oxygen atoms in total. The summed E-state index contributed by atoms with van der Waals surface area (Å²) in [4.78, 5) is 20.9. The summed E-state index contributed by atoms with van der Waals surface area (Å²) < 4.78 is 26.0. The van der Waals surface area contributed by atoms with Crippen molar-refractivity contribution < 1.29 is 13.2 Å². The Balaban J connectivity index is 0.000000396. The van der Waals surface area contributed by atoms with Gasteiger partial charge in [0.15, 0.2) is 5.82 Å².